The van der Waals surface area contributed by atoms with Gasteiger partial charge in [-0.25, -0.2) is 4.98 Å². The Balaban J connectivity index is 1.87. The van der Waals surface area contributed by atoms with Gasteiger partial charge in [0.05, 0.1) is 16.6 Å². The highest BCUT2D eigenvalue weighted by Gasteiger charge is 2.21. The Kier molecular flexibility index (Phi) is 5.67. The van der Waals surface area contributed by atoms with Crippen LogP contribution in [0, 0.1) is 0 Å². The summed E-state index contributed by atoms with van der Waals surface area (Å²) in [6, 6.07) is 1.88. The van der Waals surface area contributed by atoms with E-state index < -0.39 is 0 Å². The molecule has 1 N–H and O–H groups in total. The minimum Gasteiger partial charge on any atom is -0.353 e. The average molecular weight is 331 g/mol. The second-order valence-electron chi connectivity index (χ2n) is 5.44. The molecule has 0 aliphatic carbocycles. The first kappa shape index (κ1) is 16.3. The Morgan fingerprint density at radius 2 is 2.00 bits per heavy atom. The number of hydrogen-bond acceptors (Lipinski definition) is 4. The molecule has 1 aliphatic heterocycles. The number of hydrogen-bond donors (Lipinski definition) is 1. The van der Waals surface area contributed by atoms with Gasteiger partial charge in [-0.3, -0.25) is 9.69 Å². The Labute approximate surface area is 135 Å². The number of halogens is 2. The standard InChI is InChI=1S/C14H20Cl2N4O/c1-10(2)18-13(21)9-19-3-5-20(6-4-19)14-12(16)7-11(15)8-17-14/h7-8,10H,3-6,9H2,1-2H3,(H,18,21). The van der Waals surface area contributed by atoms with Gasteiger partial charge in [-0.15, -0.1) is 0 Å². The first-order valence-electron chi connectivity index (χ1n) is 7.03. The monoisotopic (exact) mass is 330 g/mol. The fourth-order valence-electron chi connectivity index (χ4n) is 2.33. The molecule has 1 aromatic heterocycles. The van der Waals surface area contributed by atoms with E-state index >= 15 is 0 Å². The zero-order valence-electron chi connectivity index (χ0n) is 12.3. The number of nitrogens with zero attached hydrogens (tertiary/aromatic N) is 3. The van der Waals surface area contributed by atoms with Gasteiger partial charge in [-0.2, -0.15) is 0 Å². The molecule has 1 fully saturated rings. The fourth-order valence-corrected chi connectivity index (χ4v) is 2.83. The molecule has 0 unspecified atom stereocenters. The molecule has 2 rings (SSSR count). The van der Waals surface area contributed by atoms with E-state index in [9.17, 15) is 4.79 Å². The van der Waals surface area contributed by atoms with Crippen LogP contribution in [-0.2, 0) is 4.79 Å². The van der Waals surface area contributed by atoms with Crippen molar-refractivity contribution in [3.63, 3.8) is 0 Å². The lowest BCUT2D eigenvalue weighted by molar-refractivity contribution is -0.122. The van der Waals surface area contributed by atoms with Gasteiger partial charge in [0.25, 0.3) is 0 Å². The Morgan fingerprint density at radius 3 is 2.57 bits per heavy atom. The summed E-state index contributed by atoms with van der Waals surface area (Å²) in [5.74, 6) is 0.827. The molecule has 5 nitrogen and oxygen atoms in total. The molecule has 1 saturated heterocycles. The lowest BCUT2D eigenvalue weighted by atomic mass is 10.3. The van der Waals surface area contributed by atoms with Crippen LogP contribution >= 0.6 is 23.2 Å². The number of nitrogens with one attached hydrogen (secondary N) is 1. The van der Waals surface area contributed by atoms with Gasteiger partial charge in [0.1, 0.15) is 5.82 Å². The molecule has 0 radical (unpaired) electrons. The van der Waals surface area contributed by atoms with Gasteiger partial charge in [0, 0.05) is 38.4 Å². The first-order valence-corrected chi connectivity index (χ1v) is 7.79. The summed E-state index contributed by atoms with van der Waals surface area (Å²) >= 11 is 12.0. The Morgan fingerprint density at radius 1 is 1.33 bits per heavy atom. The van der Waals surface area contributed by atoms with Crippen molar-refractivity contribution < 1.29 is 4.79 Å². The van der Waals surface area contributed by atoms with Crippen molar-refractivity contribution in [1.82, 2.24) is 15.2 Å². The van der Waals surface area contributed by atoms with E-state index in [0.29, 0.717) is 16.6 Å². The largest absolute Gasteiger partial charge is 0.353 e. The lowest BCUT2D eigenvalue weighted by Gasteiger charge is -2.35. The Hall–Kier alpha value is -1.04. The van der Waals surface area contributed by atoms with Gasteiger partial charge in [-0.05, 0) is 19.9 Å². The number of carbonyl (C=O) groups excluding carboxylic acids is 1. The third-order valence-electron chi connectivity index (χ3n) is 3.28. The minimum atomic E-state index is 0.0705. The molecule has 0 spiro atoms. The van der Waals surface area contributed by atoms with Crippen molar-refractivity contribution >= 4 is 34.9 Å². The second kappa shape index (κ2) is 7.29. The van der Waals surface area contributed by atoms with E-state index in [1.165, 1.54) is 0 Å². The molecule has 0 aromatic carbocycles. The van der Waals surface area contributed by atoms with Crippen molar-refractivity contribution in [2.75, 3.05) is 37.6 Å². The molecule has 7 heteroatoms. The highest BCUT2D eigenvalue weighted by molar-refractivity contribution is 6.36. The molecule has 1 amide bonds. The van der Waals surface area contributed by atoms with Gasteiger partial charge in [-0.1, -0.05) is 23.2 Å². The number of amides is 1. The number of aromatic nitrogens is 1. The molecular weight excluding hydrogens is 311 g/mol. The van der Waals surface area contributed by atoms with Gasteiger partial charge < -0.3 is 10.2 Å². The third-order valence-corrected chi connectivity index (χ3v) is 3.76. The zero-order valence-corrected chi connectivity index (χ0v) is 13.8. The van der Waals surface area contributed by atoms with E-state index in [1.807, 2.05) is 13.8 Å². The molecule has 0 saturated carbocycles. The molecule has 0 atom stereocenters. The summed E-state index contributed by atoms with van der Waals surface area (Å²) in [7, 11) is 0. The lowest BCUT2D eigenvalue weighted by Crippen LogP contribution is -2.50. The van der Waals surface area contributed by atoms with Crippen LogP contribution in [0.1, 0.15) is 13.8 Å². The molecular formula is C14H20Cl2N4O. The van der Waals surface area contributed by atoms with Crippen LogP contribution < -0.4 is 10.2 Å². The third kappa shape index (κ3) is 4.73. The SMILES string of the molecule is CC(C)NC(=O)CN1CCN(c2ncc(Cl)cc2Cl)CC1. The molecule has 0 bridgehead atoms. The van der Waals surface area contributed by atoms with E-state index in [0.717, 1.165) is 32.0 Å². The zero-order chi connectivity index (χ0) is 15.4. The van der Waals surface area contributed by atoms with Crippen LogP contribution in [-0.4, -0.2) is 54.6 Å². The number of piperazine rings is 1. The summed E-state index contributed by atoms with van der Waals surface area (Å²) in [5, 5.41) is 4.00. The van der Waals surface area contributed by atoms with E-state index in [2.05, 4.69) is 20.1 Å². The van der Waals surface area contributed by atoms with Crippen molar-refractivity contribution in [2.45, 2.75) is 19.9 Å². The molecule has 1 aliphatic rings. The van der Waals surface area contributed by atoms with Crippen molar-refractivity contribution in [3.05, 3.63) is 22.3 Å². The highest BCUT2D eigenvalue weighted by atomic mass is 35.5. The van der Waals surface area contributed by atoms with Crippen LogP contribution in [0.25, 0.3) is 0 Å². The minimum absolute atomic E-state index is 0.0705. The maximum absolute atomic E-state index is 11.8. The maximum Gasteiger partial charge on any atom is 0.234 e. The number of rotatable bonds is 4. The van der Waals surface area contributed by atoms with E-state index in [1.54, 1.807) is 12.3 Å². The highest BCUT2D eigenvalue weighted by Crippen LogP contribution is 2.26. The van der Waals surface area contributed by atoms with E-state index in [4.69, 9.17) is 23.2 Å². The van der Waals surface area contributed by atoms with Crippen molar-refractivity contribution in [1.29, 1.82) is 0 Å². The summed E-state index contributed by atoms with van der Waals surface area (Å²) < 4.78 is 0. The van der Waals surface area contributed by atoms with Crippen LogP contribution in [0.3, 0.4) is 0 Å². The Bertz CT molecular complexity index is 502. The van der Waals surface area contributed by atoms with Crippen molar-refractivity contribution in [2.24, 2.45) is 0 Å². The van der Waals surface area contributed by atoms with E-state index in [-0.39, 0.29) is 11.9 Å². The molecule has 1 aromatic rings. The molecule has 116 valence electrons. The number of pyridine rings is 1. The normalized spacial score (nSPS) is 16.3. The van der Waals surface area contributed by atoms with Crippen molar-refractivity contribution in [3.8, 4) is 0 Å². The van der Waals surface area contributed by atoms with Gasteiger partial charge >= 0.3 is 0 Å². The molecule has 21 heavy (non-hydrogen) atoms. The first-order chi connectivity index (χ1) is 9.95. The summed E-state index contributed by atoms with van der Waals surface area (Å²) in [4.78, 5) is 20.3. The second-order valence-corrected chi connectivity index (χ2v) is 6.29. The summed E-state index contributed by atoms with van der Waals surface area (Å²) in [5.41, 5.74) is 0. The number of carbonyl (C=O) groups is 1. The summed E-state index contributed by atoms with van der Waals surface area (Å²) in [6.45, 7) is 7.58. The number of anilines is 1. The fraction of sp³-hybridized carbons (Fsp3) is 0.571. The van der Waals surface area contributed by atoms with Crippen LogP contribution in [0.2, 0.25) is 10.0 Å². The predicted molar refractivity (Wildman–Crippen MR) is 86.2 cm³/mol. The van der Waals surface area contributed by atoms with Crippen LogP contribution in [0.5, 0.6) is 0 Å². The maximum atomic E-state index is 11.8. The summed E-state index contributed by atoms with van der Waals surface area (Å²) in [6.07, 6.45) is 1.60. The van der Waals surface area contributed by atoms with Gasteiger partial charge in [0.15, 0.2) is 0 Å². The van der Waals surface area contributed by atoms with Crippen LogP contribution in [0.15, 0.2) is 12.3 Å². The smallest absolute Gasteiger partial charge is 0.234 e. The van der Waals surface area contributed by atoms with Crippen LogP contribution in [0.4, 0.5) is 5.82 Å². The predicted octanol–water partition coefficient (Wildman–Crippen LogP) is 2.03. The average Bonchev–Trinajstić information content (AvgIpc) is 2.39. The molecule has 2 heterocycles. The topological polar surface area (TPSA) is 48.5 Å². The van der Waals surface area contributed by atoms with Gasteiger partial charge in [0.2, 0.25) is 5.91 Å². The quantitative estimate of drug-likeness (QED) is 0.917.